The van der Waals surface area contributed by atoms with Crippen molar-refractivity contribution >= 4 is 28.0 Å². The van der Waals surface area contributed by atoms with E-state index in [0.717, 1.165) is 23.0 Å². The molecule has 0 aliphatic heterocycles. The fourth-order valence-corrected chi connectivity index (χ4v) is 2.63. The Morgan fingerprint density at radius 2 is 2.26 bits per heavy atom. The smallest absolute Gasteiger partial charge is 0.241 e. The van der Waals surface area contributed by atoms with Crippen molar-refractivity contribution in [1.82, 2.24) is 14.3 Å². The Morgan fingerprint density at radius 3 is 2.84 bits per heavy atom. The highest BCUT2D eigenvalue weighted by Gasteiger charge is 2.19. The summed E-state index contributed by atoms with van der Waals surface area (Å²) >= 11 is 1.57. The number of imidazole rings is 1. The molecule has 0 aliphatic carbocycles. The minimum absolute atomic E-state index is 0.0566. The number of nitrogens with zero attached hydrogens (tertiary/aromatic N) is 4. The maximum absolute atomic E-state index is 11.9. The number of fused-ring (bicyclic) bond motifs is 1. The van der Waals surface area contributed by atoms with Crippen LogP contribution < -0.4 is 10.6 Å². The Bertz CT molecular complexity index is 574. The van der Waals surface area contributed by atoms with Crippen LogP contribution in [-0.4, -0.2) is 47.4 Å². The van der Waals surface area contributed by atoms with E-state index in [1.54, 1.807) is 30.3 Å². The second-order valence-electron chi connectivity index (χ2n) is 4.44. The molecule has 104 valence electrons. The van der Waals surface area contributed by atoms with Gasteiger partial charge in [-0.3, -0.25) is 9.20 Å². The average Bonchev–Trinajstić information content (AvgIpc) is 2.95. The van der Waals surface area contributed by atoms with Crippen molar-refractivity contribution in [3.8, 4) is 0 Å². The van der Waals surface area contributed by atoms with Crippen molar-refractivity contribution in [2.75, 3.05) is 32.1 Å². The zero-order valence-electron chi connectivity index (χ0n) is 11.5. The van der Waals surface area contributed by atoms with Gasteiger partial charge in [0.15, 0.2) is 10.8 Å². The maximum atomic E-state index is 11.9. The second kappa shape index (κ2) is 5.58. The number of carbonyl (C=O) groups excluding carboxylic acids is 1. The van der Waals surface area contributed by atoms with Gasteiger partial charge in [0.2, 0.25) is 5.91 Å². The van der Waals surface area contributed by atoms with Gasteiger partial charge in [0.05, 0.1) is 12.2 Å². The molecule has 0 fully saturated rings. The summed E-state index contributed by atoms with van der Waals surface area (Å²) in [5.41, 5.74) is 6.77. The average molecular weight is 281 g/mol. The van der Waals surface area contributed by atoms with E-state index in [1.165, 1.54) is 0 Å². The first-order valence-electron chi connectivity index (χ1n) is 6.18. The summed E-state index contributed by atoms with van der Waals surface area (Å²) in [5, 5.41) is 1.98. The van der Waals surface area contributed by atoms with Crippen molar-refractivity contribution in [3.63, 3.8) is 0 Å². The fourth-order valence-electron chi connectivity index (χ4n) is 1.91. The van der Waals surface area contributed by atoms with E-state index in [0.29, 0.717) is 13.1 Å². The Morgan fingerprint density at radius 1 is 1.53 bits per heavy atom. The quantitative estimate of drug-likeness (QED) is 0.879. The summed E-state index contributed by atoms with van der Waals surface area (Å²) in [7, 11) is 3.51. The molecule has 0 aromatic carbocycles. The van der Waals surface area contributed by atoms with Crippen molar-refractivity contribution in [1.29, 1.82) is 0 Å². The van der Waals surface area contributed by atoms with Gasteiger partial charge in [-0.2, -0.15) is 0 Å². The fraction of sp³-hybridized carbons (Fsp3) is 0.500. The maximum Gasteiger partial charge on any atom is 0.241 e. The van der Waals surface area contributed by atoms with Crippen LogP contribution in [0.3, 0.4) is 0 Å². The van der Waals surface area contributed by atoms with Gasteiger partial charge in [-0.15, -0.1) is 11.3 Å². The summed E-state index contributed by atoms with van der Waals surface area (Å²) < 4.78 is 1.99. The lowest BCUT2D eigenvalue weighted by Gasteiger charge is -2.23. The predicted octanol–water partition coefficient (Wildman–Crippen LogP) is 0.769. The highest BCUT2D eigenvalue weighted by atomic mass is 32.1. The van der Waals surface area contributed by atoms with Gasteiger partial charge in [0.1, 0.15) is 0 Å². The Labute approximate surface area is 116 Å². The standard InChI is InChI=1S/C12H19N5OS/c1-4-16(8-10(18)15(2)3)11-9(7-13)17-5-6-19-12(17)14-11/h5-6H,4,7-8,13H2,1-3H3. The van der Waals surface area contributed by atoms with E-state index in [1.807, 2.05) is 27.8 Å². The lowest BCUT2D eigenvalue weighted by atomic mass is 10.3. The first-order valence-corrected chi connectivity index (χ1v) is 7.06. The molecule has 0 unspecified atom stereocenters. The lowest BCUT2D eigenvalue weighted by Crippen LogP contribution is -2.37. The molecule has 19 heavy (non-hydrogen) atoms. The molecule has 0 saturated carbocycles. The topological polar surface area (TPSA) is 66.9 Å². The van der Waals surface area contributed by atoms with Crippen molar-refractivity contribution in [2.45, 2.75) is 13.5 Å². The van der Waals surface area contributed by atoms with Crippen LogP contribution in [0.5, 0.6) is 0 Å². The third-order valence-electron chi connectivity index (χ3n) is 3.04. The number of hydrogen-bond donors (Lipinski definition) is 1. The first-order chi connectivity index (χ1) is 9.08. The van der Waals surface area contributed by atoms with Gasteiger partial charge in [0, 0.05) is 38.8 Å². The molecular weight excluding hydrogens is 262 g/mol. The van der Waals surface area contributed by atoms with Crippen LogP contribution in [0.1, 0.15) is 12.6 Å². The summed E-state index contributed by atoms with van der Waals surface area (Å²) in [6.45, 7) is 3.45. The molecule has 0 spiro atoms. The van der Waals surface area contributed by atoms with Gasteiger partial charge < -0.3 is 15.5 Å². The number of hydrogen-bond acceptors (Lipinski definition) is 5. The normalized spacial score (nSPS) is 10.9. The zero-order valence-corrected chi connectivity index (χ0v) is 12.3. The number of rotatable bonds is 5. The minimum atomic E-state index is 0.0566. The molecule has 0 saturated heterocycles. The van der Waals surface area contributed by atoms with Gasteiger partial charge in [-0.05, 0) is 6.92 Å². The molecule has 2 heterocycles. The molecule has 0 aliphatic rings. The van der Waals surface area contributed by atoms with Crippen molar-refractivity contribution in [2.24, 2.45) is 5.73 Å². The number of amides is 1. The molecule has 2 aromatic rings. The van der Waals surface area contributed by atoms with Gasteiger partial charge in [-0.25, -0.2) is 4.98 Å². The van der Waals surface area contributed by atoms with Crippen LogP contribution in [0.25, 0.3) is 4.96 Å². The number of aromatic nitrogens is 2. The summed E-state index contributed by atoms with van der Waals surface area (Å²) in [6.07, 6.45) is 1.96. The SMILES string of the molecule is CCN(CC(=O)N(C)C)c1nc2sccn2c1CN. The third-order valence-corrected chi connectivity index (χ3v) is 3.80. The van der Waals surface area contributed by atoms with Crippen LogP contribution in [0.4, 0.5) is 5.82 Å². The van der Waals surface area contributed by atoms with Crippen LogP contribution in [0.15, 0.2) is 11.6 Å². The molecule has 7 heteroatoms. The molecule has 0 radical (unpaired) electrons. The van der Waals surface area contributed by atoms with Crippen molar-refractivity contribution in [3.05, 3.63) is 17.3 Å². The number of thiazole rings is 1. The summed E-state index contributed by atoms with van der Waals surface area (Å²) in [5.74, 6) is 0.869. The number of carbonyl (C=O) groups is 1. The van der Waals surface area contributed by atoms with Gasteiger partial charge >= 0.3 is 0 Å². The molecular formula is C12H19N5OS. The zero-order chi connectivity index (χ0) is 14.0. The first kappa shape index (κ1) is 13.8. The monoisotopic (exact) mass is 281 g/mol. The van der Waals surface area contributed by atoms with Gasteiger partial charge in [-0.1, -0.05) is 0 Å². The van der Waals surface area contributed by atoms with E-state index in [-0.39, 0.29) is 5.91 Å². The van der Waals surface area contributed by atoms with Crippen LogP contribution in [-0.2, 0) is 11.3 Å². The number of likely N-dealkylation sites (N-methyl/N-ethyl adjacent to an activating group) is 2. The molecule has 1 amide bonds. The van der Waals surface area contributed by atoms with Crippen LogP contribution in [0.2, 0.25) is 0 Å². The lowest BCUT2D eigenvalue weighted by molar-refractivity contribution is -0.127. The molecule has 0 atom stereocenters. The van der Waals surface area contributed by atoms with Crippen LogP contribution in [0, 0.1) is 0 Å². The molecule has 2 rings (SSSR count). The minimum Gasteiger partial charge on any atom is -0.347 e. The molecule has 0 bridgehead atoms. The van der Waals surface area contributed by atoms with Crippen LogP contribution >= 0.6 is 11.3 Å². The molecule has 6 nitrogen and oxygen atoms in total. The van der Waals surface area contributed by atoms with Gasteiger partial charge in [0.25, 0.3) is 0 Å². The Hall–Kier alpha value is -1.60. The second-order valence-corrected chi connectivity index (χ2v) is 5.32. The Kier molecular flexibility index (Phi) is 4.06. The van der Waals surface area contributed by atoms with E-state index in [4.69, 9.17) is 5.73 Å². The Balaban J connectivity index is 2.34. The van der Waals surface area contributed by atoms with E-state index >= 15 is 0 Å². The predicted molar refractivity (Wildman–Crippen MR) is 77.5 cm³/mol. The summed E-state index contributed by atoms with van der Waals surface area (Å²) in [6, 6.07) is 0. The van der Waals surface area contributed by atoms with E-state index in [2.05, 4.69) is 4.98 Å². The highest BCUT2D eigenvalue weighted by molar-refractivity contribution is 7.15. The largest absolute Gasteiger partial charge is 0.347 e. The van der Waals surface area contributed by atoms with E-state index < -0.39 is 0 Å². The molecule has 2 N–H and O–H groups in total. The number of anilines is 1. The van der Waals surface area contributed by atoms with Crippen molar-refractivity contribution < 1.29 is 4.79 Å². The highest BCUT2D eigenvalue weighted by Crippen LogP contribution is 2.24. The summed E-state index contributed by atoms with van der Waals surface area (Å²) in [4.78, 5) is 20.9. The van der Waals surface area contributed by atoms with E-state index in [9.17, 15) is 4.79 Å². The molecule has 2 aromatic heterocycles. The number of nitrogens with two attached hydrogens (primary N) is 1. The third kappa shape index (κ3) is 2.57.